The second-order valence-electron chi connectivity index (χ2n) is 14.5. The zero-order valence-electron chi connectivity index (χ0n) is 21.9. The van der Waals surface area contributed by atoms with Crippen molar-refractivity contribution in [3.05, 3.63) is 12.2 Å². The number of carbonyl (C=O) groups is 2. The first kappa shape index (κ1) is 22.4. The Kier molecular flexibility index (Phi) is 4.17. The number of hydrogen-bond donors (Lipinski definition) is 0. The third-order valence-corrected chi connectivity index (χ3v) is 13.6. The Morgan fingerprint density at radius 2 is 1.64 bits per heavy atom. The maximum absolute atomic E-state index is 13.6. The van der Waals surface area contributed by atoms with Crippen LogP contribution in [0, 0.1) is 56.7 Å². The molecular weight excluding hydrogens is 408 g/mol. The molecule has 2 bridgehead atoms. The van der Waals surface area contributed by atoms with Crippen LogP contribution in [0.5, 0.6) is 0 Å². The Labute approximate surface area is 200 Å². The zero-order valence-corrected chi connectivity index (χ0v) is 21.9. The van der Waals surface area contributed by atoms with Gasteiger partial charge in [0, 0.05) is 23.2 Å². The fourth-order valence-electron chi connectivity index (χ4n) is 11.2. The lowest BCUT2D eigenvalue weighted by Gasteiger charge is -2.71. The highest BCUT2D eigenvalue weighted by atomic mass is 16.6. The smallest absolute Gasteiger partial charge is 0.313 e. The summed E-state index contributed by atoms with van der Waals surface area (Å²) >= 11 is 0. The van der Waals surface area contributed by atoms with Gasteiger partial charge in [-0.1, -0.05) is 54.5 Å². The normalized spacial score (nSPS) is 58.6. The van der Waals surface area contributed by atoms with Crippen LogP contribution in [0.25, 0.3) is 0 Å². The fraction of sp³-hybridized carbons (Fsp3) is 0.867. The summed E-state index contributed by atoms with van der Waals surface area (Å²) in [6.45, 7) is 16.7. The number of Topliss-reactive ketones (excluding diaryl/α,β-unsaturated/α-hetero) is 1. The Balaban J connectivity index is 1.52. The monoisotopic (exact) mass is 452 g/mol. The zero-order chi connectivity index (χ0) is 23.8. The third-order valence-electron chi connectivity index (χ3n) is 13.6. The fourth-order valence-corrected chi connectivity index (χ4v) is 11.2. The molecule has 5 fully saturated rings. The quantitative estimate of drug-likeness (QED) is 0.302. The predicted octanol–water partition coefficient (Wildman–Crippen LogP) is 6.75. The Morgan fingerprint density at radius 1 is 0.909 bits per heavy atom. The SMILES string of the molecule is C[C@H]1[C@H](C)CC[C@@]23CC[C@@]4(C)[C@@](C=C[C@H]5[C@@]6(C)CCC(=O)C(C)(C)[C@H]6CC[C@]54C)(OC2=O)[C@H]13. The van der Waals surface area contributed by atoms with E-state index in [4.69, 9.17) is 4.74 Å². The number of rotatable bonds is 0. The number of ether oxygens (including phenoxy) is 1. The molecule has 6 rings (SSSR count). The molecule has 3 nitrogen and oxygen atoms in total. The summed E-state index contributed by atoms with van der Waals surface area (Å²) in [7, 11) is 0. The molecular formula is C30H44O3. The van der Waals surface area contributed by atoms with Crippen LogP contribution in [0.1, 0.15) is 99.8 Å². The van der Waals surface area contributed by atoms with Gasteiger partial charge < -0.3 is 4.74 Å². The van der Waals surface area contributed by atoms with Crippen molar-refractivity contribution in [1.82, 2.24) is 0 Å². The number of ketones is 1. The third kappa shape index (κ3) is 2.17. The minimum Gasteiger partial charge on any atom is -0.453 e. The highest BCUT2D eigenvalue weighted by Gasteiger charge is 2.80. The Morgan fingerprint density at radius 3 is 2.36 bits per heavy atom. The summed E-state index contributed by atoms with van der Waals surface area (Å²) in [5, 5.41) is 0. The van der Waals surface area contributed by atoms with Crippen LogP contribution in [0.4, 0.5) is 0 Å². The van der Waals surface area contributed by atoms with Crippen LogP contribution < -0.4 is 0 Å². The molecule has 33 heavy (non-hydrogen) atoms. The van der Waals surface area contributed by atoms with E-state index < -0.39 is 5.60 Å². The van der Waals surface area contributed by atoms with Gasteiger partial charge in [0.05, 0.1) is 5.41 Å². The van der Waals surface area contributed by atoms with E-state index in [1.165, 1.54) is 0 Å². The number of allylic oxidation sites excluding steroid dienone is 1. The number of carbonyl (C=O) groups excluding carboxylic acids is 2. The maximum Gasteiger partial charge on any atom is 0.313 e. The average molecular weight is 453 g/mol. The minimum absolute atomic E-state index is 0.0648. The molecule has 0 aromatic carbocycles. The molecule has 1 aliphatic heterocycles. The van der Waals surface area contributed by atoms with Crippen molar-refractivity contribution in [3.8, 4) is 0 Å². The maximum atomic E-state index is 13.6. The Bertz CT molecular complexity index is 964. The topological polar surface area (TPSA) is 43.4 Å². The molecule has 0 aromatic heterocycles. The summed E-state index contributed by atoms with van der Waals surface area (Å²) < 4.78 is 6.70. The number of esters is 1. The van der Waals surface area contributed by atoms with Gasteiger partial charge in [-0.25, -0.2) is 0 Å². The first-order chi connectivity index (χ1) is 15.3. The highest BCUT2D eigenvalue weighted by molar-refractivity contribution is 5.85. The summed E-state index contributed by atoms with van der Waals surface area (Å²) in [4.78, 5) is 26.6. The molecule has 1 spiro atoms. The van der Waals surface area contributed by atoms with Gasteiger partial charge in [-0.2, -0.15) is 0 Å². The van der Waals surface area contributed by atoms with Crippen LogP contribution in [0.2, 0.25) is 0 Å². The van der Waals surface area contributed by atoms with Crippen LogP contribution in [-0.4, -0.2) is 17.4 Å². The van der Waals surface area contributed by atoms with E-state index in [0.29, 0.717) is 41.8 Å². The summed E-state index contributed by atoms with van der Waals surface area (Å²) in [5.41, 5.74) is -0.850. The van der Waals surface area contributed by atoms with Gasteiger partial charge in [0.2, 0.25) is 0 Å². The predicted molar refractivity (Wildman–Crippen MR) is 129 cm³/mol. The summed E-state index contributed by atoms with van der Waals surface area (Å²) in [6, 6.07) is 0. The van der Waals surface area contributed by atoms with Gasteiger partial charge in [-0.05, 0) is 85.5 Å². The molecule has 0 N–H and O–H groups in total. The van der Waals surface area contributed by atoms with E-state index in [-0.39, 0.29) is 33.0 Å². The van der Waals surface area contributed by atoms with E-state index >= 15 is 0 Å². The van der Waals surface area contributed by atoms with Crippen molar-refractivity contribution in [2.75, 3.05) is 0 Å². The van der Waals surface area contributed by atoms with Crippen LogP contribution in [0.3, 0.4) is 0 Å². The number of fused-ring (bicyclic) bond motifs is 4. The molecule has 5 aliphatic carbocycles. The van der Waals surface area contributed by atoms with Crippen molar-refractivity contribution < 1.29 is 14.3 Å². The van der Waals surface area contributed by atoms with Gasteiger partial charge in [0.25, 0.3) is 0 Å². The molecule has 0 radical (unpaired) electrons. The summed E-state index contributed by atoms with van der Waals surface area (Å²) in [5.74, 6) is 2.83. The molecule has 6 aliphatic rings. The molecule has 4 saturated carbocycles. The van der Waals surface area contributed by atoms with Crippen LogP contribution in [0.15, 0.2) is 12.2 Å². The van der Waals surface area contributed by atoms with Crippen LogP contribution >= 0.6 is 0 Å². The Hall–Kier alpha value is -1.12. The van der Waals surface area contributed by atoms with E-state index in [1.807, 2.05) is 0 Å². The van der Waals surface area contributed by atoms with Crippen molar-refractivity contribution in [2.24, 2.45) is 56.7 Å². The highest BCUT2D eigenvalue weighted by Crippen LogP contribution is 2.79. The summed E-state index contributed by atoms with van der Waals surface area (Å²) in [6.07, 6.45) is 13.1. The van der Waals surface area contributed by atoms with E-state index in [9.17, 15) is 9.59 Å². The van der Waals surface area contributed by atoms with Crippen molar-refractivity contribution >= 4 is 11.8 Å². The van der Waals surface area contributed by atoms with Crippen molar-refractivity contribution in [1.29, 1.82) is 0 Å². The van der Waals surface area contributed by atoms with E-state index in [2.05, 4.69) is 60.6 Å². The van der Waals surface area contributed by atoms with Crippen LogP contribution in [-0.2, 0) is 14.3 Å². The van der Waals surface area contributed by atoms with E-state index in [1.54, 1.807) is 0 Å². The second-order valence-corrected chi connectivity index (χ2v) is 14.5. The molecule has 0 aromatic rings. The van der Waals surface area contributed by atoms with Gasteiger partial charge in [0.1, 0.15) is 11.4 Å². The van der Waals surface area contributed by atoms with Gasteiger partial charge in [-0.15, -0.1) is 0 Å². The largest absolute Gasteiger partial charge is 0.453 e. The lowest BCUT2D eigenvalue weighted by Crippen LogP contribution is -2.70. The lowest BCUT2D eigenvalue weighted by atomic mass is 9.32. The molecule has 0 unspecified atom stereocenters. The first-order valence-electron chi connectivity index (χ1n) is 13.8. The second kappa shape index (κ2) is 6.16. The van der Waals surface area contributed by atoms with Gasteiger partial charge in [0.15, 0.2) is 0 Å². The van der Waals surface area contributed by atoms with Crippen molar-refractivity contribution in [3.63, 3.8) is 0 Å². The molecule has 1 heterocycles. The molecule has 10 atom stereocenters. The molecule has 3 heteroatoms. The minimum atomic E-state index is -0.467. The van der Waals surface area contributed by atoms with E-state index in [0.717, 1.165) is 44.9 Å². The molecule has 1 saturated heterocycles. The standard InChI is InChI=1S/C30H44O3/c1-18-8-14-29-17-16-28(7)27(6)13-9-20-25(3,4)22(31)11-12-26(20,5)21(27)10-15-30(28,33-24(29)32)23(29)19(18)2/h10,15,18-21,23H,8-9,11-14,16-17H2,1-7H3/t18-,19+,20-,21+,23-,26+,27-,28-,29+,30+/m1/s1. The average Bonchev–Trinajstić information content (AvgIpc) is 2.95. The lowest BCUT2D eigenvalue weighted by molar-refractivity contribution is -0.235. The van der Waals surface area contributed by atoms with Gasteiger partial charge in [-0.3, -0.25) is 9.59 Å². The number of hydrogen-bond acceptors (Lipinski definition) is 3. The molecule has 0 amide bonds. The van der Waals surface area contributed by atoms with Crippen molar-refractivity contribution in [2.45, 2.75) is 105 Å². The first-order valence-corrected chi connectivity index (χ1v) is 13.8. The molecule has 182 valence electrons. The van der Waals surface area contributed by atoms with Gasteiger partial charge >= 0.3 is 5.97 Å².